The Bertz CT molecular complexity index is 691. The van der Waals surface area contributed by atoms with Gasteiger partial charge in [-0.2, -0.15) is 0 Å². The molecule has 1 N–H and O–H groups in total. The monoisotopic (exact) mass is 309 g/mol. The number of benzene rings is 2. The zero-order chi connectivity index (χ0) is 16.5. The van der Waals surface area contributed by atoms with Crippen molar-refractivity contribution >= 4 is 17.9 Å². The average molecular weight is 309 g/mol. The highest BCUT2D eigenvalue weighted by Gasteiger charge is 2.15. The summed E-state index contributed by atoms with van der Waals surface area (Å²) in [5.74, 6) is -0.730. The summed E-state index contributed by atoms with van der Waals surface area (Å²) >= 11 is 0. The molecule has 0 aliphatic carbocycles. The van der Waals surface area contributed by atoms with E-state index in [-0.39, 0.29) is 17.9 Å². The lowest BCUT2D eigenvalue weighted by molar-refractivity contribution is -0.137. The Morgan fingerprint density at radius 2 is 1.70 bits per heavy atom. The number of carbonyl (C=O) groups is 1. The van der Waals surface area contributed by atoms with Crippen molar-refractivity contribution in [2.45, 2.75) is 13.5 Å². The van der Waals surface area contributed by atoms with E-state index in [0.717, 1.165) is 5.56 Å². The van der Waals surface area contributed by atoms with Crippen LogP contribution in [0.1, 0.15) is 18.1 Å². The Hall–Kier alpha value is -2.88. The van der Waals surface area contributed by atoms with Crippen molar-refractivity contribution in [3.63, 3.8) is 0 Å². The van der Waals surface area contributed by atoms with Crippen molar-refractivity contribution < 1.29 is 14.6 Å². The summed E-state index contributed by atoms with van der Waals surface area (Å²) in [7, 11) is 0. The molecule has 0 radical (unpaired) electrons. The minimum absolute atomic E-state index is 0.0500. The van der Waals surface area contributed by atoms with Gasteiger partial charge in [-0.05, 0) is 12.5 Å². The molecule has 2 aromatic rings. The fraction of sp³-hybridized carbons (Fsp3) is 0.158. The Kier molecular flexibility index (Phi) is 6.12. The Morgan fingerprint density at radius 3 is 2.30 bits per heavy atom. The molecule has 0 saturated carbocycles. The summed E-state index contributed by atoms with van der Waals surface area (Å²) in [4.78, 5) is 16.3. The summed E-state index contributed by atoms with van der Waals surface area (Å²) in [5, 5.41) is 10.4. The first kappa shape index (κ1) is 16.5. The SMILES string of the molecule is CCOC(=O)/C(C=NCc1ccccc1)=C(\O)c1ccccc1. The van der Waals surface area contributed by atoms with Crippen molar-refractivity contribution in [2.24, 2.45) is 4.99 Å². The van der Waals surface area contributed by atoms with E-state index < -0.39 is 5.97 Å². The number of esters is 1. The van der Waals surface area contributed by atoms with Crippen molar-refractivity contribution in [2.75, 3.05) is 6.61 Å². The van der Waals surface area contributed by atoms with Crippen molar-refractivity contribution in [1.82, 2.24) is 0 Å². The zero-order valence-corrected chi connectivity index (χ0v) is 13.0. The van der Waals surface area contributed by atoms with E-state index in [2.05, 4.69) is 4.99 Å². The van der Waals surface area contributed by atoms with Gasteiger partial charge in [-0.25, -0.2) is 4.79 Å². The number of hydrogen-bond acceptors (Lipinski definition) is 4. The lowest BCUT2D eigenvalue weighted by Crippen LogP contribution is -2.11. The summed E-state index contributed by atoms with van der Waals surface area (Å²) < 4.78 is 5.00. The lowest BCUT2D eigenvalue weighted by Gasteiger charge is -2.06. The van der Waals surface area contributed by atoms with Crippen LogP contribution < -0.4 is 0 Å². The van der Waals surface area contributed by atoms with Crippen molar-refractivity contribution in [1.29, 1.82) is 0 Å². The van der Waals surface area contributed by atoms with Gasteiger partial charge in [-0.1, -0.05) is 60.7 Å². The van der Waals surface area contributed by atoms with E-state index in [9.17, 15) is 9.90 Å². The van der Waals surface area contributed by atoms with Gasteiger partial charge in [0.2, 0.25) is 0 Å². The Balaban J connectivity index is 2.26. The first-order valence-electron chi connectivity index (χ1n) is 7.42. The molecule has 0 fully saturated rings. The number of nitrogens with zero attached hydrogens (tertiary/aromatic N) is 1. The van der Waals surface area contributed by atoms with E-state index in [1.54, 1.807) is 31.2 Å². The molecule has 4 nitrogen and oxygen atoms in total. The fourth-order valence-corrected chi connectivity index (χ4v) is 2.00. The van der Waals surface area contributed by atoms with Gasteiger partial charge in [0.15, 0.2) is 0 Å². The maximum Gasteiger partial charge on any atom is 0.343 e. The number of aliphatic imine (C=N–C) groups is 1. The first-order chi connectivity index (χ1) is 11.2. The van der Waals surface area contributed by atoms with Gasteiger partial charge in [0.05, 0.1) is 13.2 Å². The highest BCUT2D eigenvalue weighted by Crippen LogP contribution is 2.16. The van der Waals surface area contributed by atoms with Crippen LogP contribution in [0, 0.1) is 0 Å². The van der Waals surface area contributed by atoms with E-state index in [1.807, 2.05) is 36.4 Å². The van der Waals surface area contributed by atoms with Crippen LogP contribution in [0.4, 0.5) is 0 Å². The molecule has 4 heteroatoms. The van der Waals surface area contributed by atoms with Gasteiger partial charge >= 0.3 is 5.97 Å². The van der Waals surface area contributed by atoms with E-state index in [1.165, 1.54) is 6.21 Å². The van der Waals surface area contributed by atoms with Gasteiger partial charge in [0, 0.05) is 11.8 Å². The molecule has 0 spiro atoms. The topological polar surface area (TPSA) is 58.9 Å². The molecule has 2 rings (SSSR count). The molecule has 0 saturated heterocycles. The molecule has 23 heavy (non-hydrogen) atoms. The van der Waals surface area contributed by atoms with Crippen LogP contribution in [0.2, 0.25) is 0 Å². The second-order valence-corrected chi connectivity index (χ2v) is 4.80. The molecule has 0 aromatic heterocycles. The Labute approximate surface area is 135 Å². The van der Waals surface area contributed by atoms with Gasteiger partial charge in [0.25, 0.3) is 0 Å². The molecule has 0 atom stereocenters. The predicted molar refractivity (Wildman–Crippen MR) is 91.3 cm³/mol. The minimum Gasteiger partial charge on any atom is -0.506 e. The number of carbonyl (C=O) groups excluding carboxylic acids is 1. The Morgan fingerprint density at radius 1 is 1.09 bits per heavy atom. The molecule has 118 valence electrons. The van der Waals surface area contributed by atoms with Crippen LogP contribution in [0.15, 0.2) is 71.2 Å². The van der Waals surface area contributed by atoms with Crippen LogP contribution in [0.5, 0.6) is 0 Å². The highest BCUT2D eigenvalue weighted by molar-refractivity contribution is 6.15. The third-order valence-corrected chi connectivity index (χ3v) is 3.13. The van der Waals surface area contributed by atoms with Gasteiger partial charge in [-0.15, -0.1) is 0 Å². The van der Waals surface area contributed by atoms with E-state index in [4.69, 9.17) is 4.74 Å². The van der Waals surface area contributed by atoms with Gasteiger partial charge < -0.3 is 9.84 Å². The maximum absolute atomic E-state index is 12.1. The second kappa shape index (κ2) is 8.54. The fourth-order valence-electron chi connectivity index (χ4n) is 2.00. The van der Waals surface area contributed by atoms with Crippen molar-refractivity contribution in [3.8, 4) is 0 Å². The van der Waals surface area contributed by atoms with Gasteiger partial charge in [0.1, 0.15) is 11.3 Å². The highest BCUT2D eigenvalue weighted by atomic mass is 16.5. The molecule has 0 bridgehead atoms. The number of rotatable bonds is 6. The molecule has 2 aromatic carbocycles. The van der Waals surface area contributed by atoms with Crippen LogP contribution in [0.3, 0.4) is 0 Å². The second-order valence-electron chi connectivity index (χ2n) is 4.80. The summed E-state index contributed by atoms with van der Waals surface area (Å²) in [5.41, 5.74) is 1.61. The number of aliphatic hydroxyl groups is 1. The number of aliphatic hydroxyl groups excluding tert-OH is 1. The third kappa shape index (κ3) is 4.81. The summed E-state index contributed by atoms with van der Waals surface area (Å²) in [6.45, 7) is 2.37. The van der Waals surface area contributed by atoms with Crippen LogP contribution in [-0.2, 0) is 16.1 Å². The minimum atomic E-state index is -0.592. The smallest absolute Gasteiger partial charge is 0.343 e. The van der Waals surface area contributed by atoms with Crippen LogP contribution >= 0.6 is 0 Å². The zero-order valence-electron chi connectivity index (χ0n) is 13.0. The van der Waals surface area contributed by atoms with E-state index >= 15 is 0 Å². The molecule has 0 aliphatic heterocycles. The van der Waals surface area contributed by atoms with Gasteiger partial charge in [-0.3, -0.25) is 4.99 Å². The maximum atomic E-state index is 12.1. The lowest BCUT2D eigenvalue weighted by atomic mass is 10.1. The van der Waals surface area contributed by atoms with Crippen molar-refractivity contribution in [3.05, 3.63) is 77.4 Å². The van der Waals surface area contributed by atoms with Crippen LogP contribution in [0.25, 0.3) is 5.76 Å². The molecule has 0 unspecified atom stereocenters. The standard InChI is InChI=1S/C19H19NO3/c1-2-23-19(22)17(18(21)16-11-7-4-8-12-16)14-20-13-15-9-5-3-6-10-15/h3-12,14,21H,2,13H2,1H3/b18-17-,20-14?. The summed E-state index contributed by atoms with van der Waals surface area (Å²) in [6.07, 6.45) is 1.37. The molecule has 0 heterocycles. The predicted octanol–water partition coefficient (Wildman–Crippen LogP) is 3.79. The normalized spacial score (nSPS) is 12.0. The van der Waals surface area contributed by atoms with E-state index in [0.29, 0.717) is 12.1 Å². The third-order valence-electron chi connectivity index (χ3n) is 3.13. The summed E-state index contributed by atoms with van der Waals surface area (Å²) in [6, 6.07) is 18.5. The van der Waals surface area contributed by atoms with Crippen LogP contribution in [-0.4, -0.2) is 23.9 Å². The number of ether oxygens (including phenoxy) is 1. The molecule has 0 aliphatic rings. The molecular weight excluding hydrogens is 290 g/mol. The average Bonchev–Trinajstić information content (AvgIpc) is 2.60. The molecular formula is C19H19NO3. The molecule has 0 amide bonds. The quantitative estimate of drug-likeness (QED) is 0.382. The number of hydrogen-bond donors (Lipinski definition) is 1. The largest absolute Gasteiger partial charge is 0.506 e. The first-order valence-corrected chi connectivity index (χ1v) is 7.42.